The van der Waals surface area contributed by atoms with Gasteiger partial charge < -0.3 is 10.6 Å². The van der Waals surface area contributed by atoms with E-state index < -0.39 is 0 Å². The quantitative estimate of drug-likeness (QED) is 0.855. The second-order valence-corrected chi connectivity index (χ2v) is 5.28. The van der Waals surface area contributed by atoms with Crippen molar-refractivity contribution in [3.8, 4) is 11.8 Å². The van der Waals surface area contributed by atoms with Crippen molar-refractivity contribution < 1.29 is 4.79 Å². The van der Waals surface area contributed by atoms with Crippen LogP contribution in [0, 0.1) is 17.2 Å². The summed E-state index contributed by atoms with van der Waals surface area (Å²) in [4.78, 5) is 12.1. The molecule has 0 saturated carbocycles. The average Bonchev–Trinajstić information content (AvgIpc) is 3.24. The minimum Gasteiger partial charge on any atom is -0.350 e. The molecule has 1 aliphatic heterocycles. The summed E-state index contributed by atoms with van der Waals surface area (Å²) in [6, 6.07) is 9.05. The topological polar surface area (TPSA) is 95.6 Å². The molecule has 1 aromatic heterocycles. The van der Waals surface area contributed by atoms with E-state index in [1.807, 2.05) is 0 Å². The van der Waals surface area contributed by atoms with E-state index in [2.05, 4.69) is 27.0 Å². The Kier molecular flexibility index (Phi) is 4.12. The van der Waals surface area contributed by atoms with Gasteiger partial charge in [0.25, 0.3) is 5.91 Å². The van der Waals surface area contributed by atoms with Gasteiger partial charge in [-0.2, -0.15) is 5.26 Å². The van der Waals surface area contributed by atoms with Gasteiger partial charge >= 0.3 is 0 Å². The Hall–Kier alpha value is -2.72. The first kappa shape index (κ1) is 14.2. The second kappa shape index (κ2) is 6.37. The Bertz CT molecular complexity index is 711. The van der Waals surface area contributed by atoms with Crippen molar-refractivity contribution in [2.45, 2.75) is 6.42 Å². The van der Waals surface area contributed by atoms with Crippen LogP contribution in [-0.4, -0.2) is 40.5 Å². The largest absolute Gasteiger partial charge is 0.350 e. The molecule has 0 radical (unpaired) electrons. The zero-order chi connectivity index (χ0) is 15.4. The molecule has 2 N–H and O–H groups in total. The van der Waals surface area contributed by atoms with Crippen LogP contribution in [0.3, 0.4) is 0 Å². The molecule has 0 spiro atoms. The Morgan fingerprint density at radius 2 is 2.45 bits per heavy atom. The summed E-state index contributed by atoms with van der Waals surface area (Å²) in [6.07, 6.45) is 2.65. The Morgan fingerprint density at radius 3 is 3.23 bits per heavy atom. The molecule has 0 aliphatic carbocycles. The normalized spacial score (nSPS) is 17.1. The molecule has 7 heteroatoms. The molecular weight excluding hydrogens is 280 g/mol. The van der Waals surface area contributed by atoms with Crippen LogP contribution in [0.1, 0.15) is 22.5 Å². The van der Waals surface area contributed by atoms with E-state index in [9.17, 15) is 4.79 Å². The highest BCUT2D eigenvalue weighted by atomic mass is 16.2. The molecule has 0 bridgehead atoms. The molecule has 1 saturated heterocycles. The highest BCUT2D eigenvalue weighted by molar-refractivity contribution is 5.91. The van der Waals surface area contributed by atoms with Crippen LogP contribution in [0.2, 0.25) is 0 Å². The predicted molar refractivity (Wildman–Crippen MR) is 79.4 cm³/mol. The van der Waals surface area contributed by atoms with E-state index in [1.54, 1.807) is 30.5 Å². The molecule has 3 rings (SSSR count). The molecule has 1 aromatic carbocycles. The van der Waals surface area contributed by atoms with Gasteiger partial charge in [-0.15, -0.1) is 5.10 Å². The molecule has 112 valence electrons. The van der Waals surface area contributed by atoms with E-state index in [4.69, 9.17) is 5.26 Å². The Balaban J connectivity index is 1.67. The van der Waals surface area contributed by atoms with Crippen LogP contribution in [0.15, 0.2) is 30.5 Å². The first-order valence-corrected chi connectivity index (χ1v) is 7.18. The van der Waals surface area contributed by atoms with Gasteiger partial charge in [-0.3, -0.25) is 4.79 Å². The third kappa shape index (κ3) is 3.13. The third-order valence-corrected chi connectivity index (χ3v) is 3.68. The van der Waals surface area contributed by atoms with Gasteiger partial charge in [0, 0.05) is 6.54 Å². The van der Waals surface area contributed by atoms with Crippen LogP contribution in [0.4, 0.5) is 0 Å². The summed E-state index contributed by atoms with van der Waals surface area (Å²) < 4.78 is 1.49. The van der Waals surface area contributed by atoms with Gasteiger partial charge in [-0.1, -0.05) is 11.3 Å². The number of carbonyl (C=O) groups is 1. The SMILES string of the molecule is N#Cc1cccc(-n2cc(C(=O)NC[C@H]3CCNC3)nn2)c1. The minimum absolute atomic E-state index is 0.227. The standard InChI is InChI=1S/C15H16N6O/c16-7-11-2-1-3-13(6-11)21-10-14(19-20-21)15(22)18-9-12-4-5-17-8-12/h1-3,6,10,12,17H,4-5,8-9H2,(H,18,22)/t12-/m0/s1. The van der Waals surface area contributed by atoms with Gasteiger partial charge in [0.2, 0.25) is 0 Å². The van der Waals surface area contributed by atoms with E-state index >= 15 is 0 Å². The Morgan fingerprint density at radius 1 is 1.55 bits per heavy atom. The minimum atomic E-state index is -0.227. The zero-order valence-electron chi connectivity index (χ0n) is 12.0. The number of hydrogen-bond acceptors (Lipinski definition) is 5. The lowest BCUT2D eigenvalue weighted by molar-refractivity contribution is 0.0943. The third-order valence-electron chi connectivity index (χ3n) is 3.68. The lowest BCUT2D eigenvalue weighted by Crippen LogP contribution is -2.30. The summed E-state index contributed by atoms with van der Waals surface area (Å²) in [7, 11) is 0. The molecule has 0 unspecified atom stereocenters. The van der Waals surface area contributed by atoms with Crippen molar-refractivity contribution in [2.75, 3.05) is 19.6 Å². The highest BCUT2D eigenvalue weighted by Gasteiger charge is 2.17. The molecule has 22 heavy (non-hydrogen) atoms. The van der Waals surface area contributed by atoms with Crippen LogP contribution >= 0.6 is 0 Å². The number of nitrogens with one attached hydrogen (secondary N) is 2. The molecule has 1 atom stereocenters. The van der Waals surface area contributed by atoms with Gasteiger partial charge in [-0.25, -0.2) is 4.68 Å². The smallest absolute Gasteiger partial charge is 0.273 e. The van der Waals surface area contributed by atoms with Crippen LogP contribution in [0.5, 0.6) is 0 Å². The van der Waals surface area contributed by atoms with E-state index in [1.165, 1.54) is 4.68 Å². The van der Waals surface area contributed by atoms with Gasteiger partial charge in [0.1, 0.15) is 0 Å². The van der Waals surface area contributed by atoms with Crippen molar-refractivity contribution in [2.24, 2.45) is 5.92 Å². The fraction of sp³-hybridized carbons (Fsp3) is 0.333. The van der Waals surface area contributed by atoms with E-state index in [-0.39, 0.29) is 11.6 Å². The summed E-state index contributed by atoms with van der Waals surface area (Å²) in [5.41, 5.74) is 1.51. The van der Waals surface area contributed by atoms with E-state index in [0.717, 1.165) is 19.5 Å². The van der Waals surface area contributed by atoms with Crippen LogP contribution in [-0.2, 0) is 0 Å². The predicted octanol–water partition coefficient (Wildman–Crippen LogP) is 0.478. The summed E-state index contributed by atoms with van der Waals surface area (Å²) in [5, 5.41) is 22.9. The number of rotatable bonds is 4. The van der Waals surface area contributed by atoms with Crippen molar-refractivity contribution in [1.29, 1.82) is 5.26 Å². The molecule has 1 aliphatic rings. The van der Waals surface area contributed by atoms with Crippen molar-refractivity contribution in [3.05, 3.63) is 41.7 Å². The number of benzene rings is 1. The number of nitrogens with zero attached hydrogens (tertiary/aromatic N) is 4. The maximum Gasteiger partial charge on any atom is 0.273 e. The lowest BCUT2D eigenvalue weighted by Gasteiger charge is -2.08. The van der Waals surface area contributed by atoms with Gasteiger partial charge in [0.05, 0.1) is 23.5 Å². The number of nitriles is 1. The Labute approximate surface area is 127 Å². The van der Waals surface area contributed by atoms with Crippen molar-refractivity contribution in [3.63, 3.8) is 0 Å². The number of aromatic nitrogens is 3. The van der Waals surface area contributed by atoms with Crippen LogP contribution in [0.25, 0.3) is 5.69 Å². The van der Waals surface area contributed by atoms with Gasteiger partial charge in [0.15, 0.2) is 5.69 Å². The number of carbonyl (C=O) groups excluding carboxylic acids is 1. The molecule has 1 amide bonds. The van der Waals surface area contributed by atoms with E-state index in [0.29, 0.717) is 23.7 Å². The average molecular weight is 296 g/mol. The number of hydrogen-bond donors (Lipinski definition) is 2. The fourth-order valence-corrected chi connectivity index (χ4v) is 2.43. The number of amides is 1. The van der Waals surface area contributed by atoms with Crippen molar-refractivity contribution >= 4 is 5.91 Å². The lowest BCUT2D eigenvalue weighted by atomic mass is 10.1. The van der Waals surface area contributed by atoms with Crippen LogP contribution < -0.4 is 10.6 Å². The molecule has 1 fully saturated rings. The molecule has 7 nitrogen and oxygen atoms in total. The fourth-order valence-electron chi connectivity index (χ4n) is 2.43. The zero-order valence-corrected chi connectivity index (χ0v) is 12.0. The molecule has 2 aromatic rings. The first-order valence-electron chi connectivity index (χ1n) is 7.18. The first-order chi connectivity index (χ1) is 10.8. The maximum absolute atomic E-state index is 12.1. The highest BCUT2D eigenvalue weighted by Crippen LogP contribution is 2.10. The molecule has 2 heterocycles. The second-order valence-electron chi connectivity index (χ2n) is 5.28. The monoisotopic (exact) mass is 296 g/mol. The molecular formula is C15H16N6O. The summed E-state index contributed by atoms with van der Waals surface area (Å²) in [5.74, 6) is 0.251. The summed E-state index contributed by atoms with van der Waals surface area (Å²) >= 11 is 0. The van der Waals surface area contributed by atoms with Crippen molar-refractivity contribution in [1.82, 2.24) is 25.6 Å². The van der Waals surface area contributed by atoms with Gasteiger partial charge in [-0.05, 0) is 43.6 Å². The summed E-state index contributed by atoms with van der Waals surface area (Å²) in [6.45, 7) is 2.59. The maximum atomic E-state index is 12.1.